The first-order valence-electron chi connectivity index (χ1n) is 5.28. The van der Waals surface area contributed by atoms with Crippen molar-refractivity contribution in [3.63, 3.8) is 0 Å². The zero-order valence-corrected chi connectivity index (χ0v) is 11.9. The van der Waals surface area contributed by atoms with Crippen LogP contribution in [0.3, 0.4) is 0 Å². The van der Waals surface area contributed by atoms with Crippen molar-refractivity contribution >= 4 is 27.5 Å². The van der Waals surface area contributed by atoms with Crippen molar-refractivity contribution in [2.75, 3.05) is 11.9 Å². The molecule has 0 heterocycles. The lowest BCUT2D eigenvalue weighted by molar-refractivity contribution is 0.227. The topological polar surface area (TPSA) is 3.24 Å². The number of halogens is 3. The van der Waals surface area contributed by atoms with Crippen LogP contribution in [0.5, 0.6) is 0 Å². The molecule has 16 heavy (non-hydrogen) atoms. The van der Waals surface area contributed by atoms with Gasteiger partial charge in [-0.25, -0.2) is 4.39 Å². The minimum atomic E-state index is -0.346. The first kappa shape index (κ1) is 13.9. The summed E-state index contributed by atoms with van der Waals surface area (Å²) in [6.45, 7) is 5.96. The molecule has 1 rings (SSSR count). The Labute approximate surface area is 110 Å². The van der Waals surface area contributed by atoms with Gasteiger partial charge in [0.25, 0.3) is 0 Å². The van der Waals surface area contributed by atoms with E-state index in [0.29, 0.717) is 6.04 Å². The van der Waals surface area contributed by atoms with E-state index in [1.807, 2.05) is 6.07 Å². The lowest BCUT2D eigenvalue weighted by Gasteiger charge is -2.25. The molecule has 1 aromatic carbocycles. The maximum atomic E-state index is 13.3. The van der Waals surface area contributed by atoms with E-state index in [0.717, 1.165) is 24.0 Å². The van der Waals surface area contributed by atoms with Crippen LogP contribution in [0.25, 0.3) is 0 Å². The fraction of sp³-hybridized carbons (Fsp3) is 0.500. The SMILES string of the molecule is CC(C)N(CCBr)Cc1ccc(Cl)c(F)c1. The Morgan fingerprint density at radius 2 is 2.12 bits per heavy atom. The number of benzene rings is 1. The third kappa shape index (κ3) is 4.04. The van der Waals surface area contributed by atoms with Gasteiger partial charge in [-0.3, -0.25) is 4.90 Å². The van der Waals surface area contributed by atoms with Gasteiger partial charge in [-0.05, 0) is 31.5 Å². The zero-order valence-electron chi connectivity index (χ0n) is 9.51. The Kier molecular flexibility index (Phi) is 5.73. The average molecular weight is 309 g/mol. The van der Waals surface area contributed by atoms with Crippen LogP contribution in [0, 0.1) is 5.82 Å². The van der Waals surface area contributed by atoms with Gasteiger partial charge >= 0.3 is 0 Å². The summed E-state index contributed by atoms with van der Waals surface area (Å²) < 4.78 is 13.3. The van der Waals surface area contributed by atoms with Gasteiger partial charge in [0.05, 0.1) is 5.02 Å². The molecule has 0 aliphatic rings. The Morgan fingerprint density at radius 1 is 1.44 bits per heavy atom. The molecule has 0 fully saturated rings. The van der Waals surface area contributed by atoms with Crippen LogP contribution in [0.15, 0.2) is 18.2 Å². The van der Waals surface area contributed by atoms with E-state index in [2.05, 4.69) is 34.7 Å². The first-order chi connectivity index (χ1) is 7.54. The molecule has 0 spiro atoms. The van der Waals surface area contributed by atoms with Gasteiger partial charge in [-0.2, -0.15) is 0 Å². The standard InChI is InChI=1S/C12H16BrClFN/c1-9(2)16(6-5-13)8-10-3-4-11(14)12(15)7-10/h3-4,7,9H,5-6,8H2,1-2H3. The van der Waals surface area contributed by atoms with Crippen LogP contribution in [0.4, 0.5) is 4.39 Å². The molecule has 0 saturated carbocycles. The molecule has 0 aliphatic carbocycles. The molecule has 0 N–H and O–H groups in total. The Hall–Kier alpha value is -0.120. The van der Waals surface area contributed by atoms with Crippen molar-refractivity contribution in [1.29, 1.82) is 0 Å². The lowest BCUT2D eigenvalue weighted by atomic mass is 10.2. The number of nitrogens with zero attached hydrogens (tertiary/aromatic N) is 1. The fourth-order valence-corrected chi connectivity index (χ4v) is 2.07. The summed E-state index contributed by atoms with van der Waals surface area (Å²) in [5.74, 6) is -0.346. The highest BCUT2D eigenvalue weighted by atomic mass is 79.9. The van der Waals surface area contributed by atoms with E-state index in [9.17, 15) is 4.39 Å². The van der Waals surface area contributed by atoms with Crippen molar-refractivity contribution in [1.82, 2.24) is 4.90 Å². The summed E-state index contributed by atoms with van der Waals surface area (Å²) in [5, 5.41) is 1.10. The van der Waals surface area contributed by atoms with E-state index in [-0.39, 0.29) is 10.8 Å². The van der Waals surface area contributed by atoms with Gasteiger partial charge in [0.2, 0.25) is 0 Å². The molecular formula is C12H16BrClFN. The molecule has 90 valence electrons. The quantitative estimate of drug-likeness (QED) is 0.741. The fourth-order valence-electron chi connectivity index (χ4n) is 1.50. The van der Waals surface area contributed by atoms with E-state index in [1.165, 1.54) is 6.07 Å². The Balaban J connectivity index is 2.73. The van der Waals surface area contributed by atoms with Gasteiger partial charge < -0.3 is 0 Å². The van der Waals surface area contributed by atoms with Gasteiger partial charge in [0.1, 0.15) is 5.82 Å². The van der Waals surface area contributed by atoms with Crippen LogP contribution >= 0.6 is 27.5 Å². The first-order valence-corrected chi connectivity index (χ1v) is 6.78. The second-order valence-corrected chi connectivity index (χ2v) is 5.20. The highest BCUT2D eigenvalue weighted by Crippen LogP contribution is 2.17. The molecule has 4 heteroatoms. The van der Waals surface area contributed by atoms with Crippen molar-refractivity contribution in [3.05, 3.63) is 34.6 Å². The third-order valence-corrected chi connectivity index (χ3v) is 3.13. The molecule has 0 saturated heterocycles. The number of hydrogen-bond donors (Lipinski definition) is 0. The Bertz CT molecular complexity index is 344. The predicted molar refractivity (Wildman–Crippen MR) is 70.8 cm³/mol. The van der Waals surface area contributed by atoms with Crippen molar-refractivity contribution < 1.29 is 4.39 Å². The summed E-state index contributed by atoms with van der Waals surface area (Å²) in [6.07, 6.45) is 0. The molecular weight excluding hydrogens is 292 g/mol. The second-order valence-electron chi connectivity index (χ2n) is 4.00. The molecule has 0 atom stereocenters. The summed E-state index contributed by atoms with van der Waals surface area (Å²) in [7, 11) is 0. The number of rotatable bonds is 5. The molecule has 0 aromatic heterocycles. The summed E-state index contributed by atoms with van der Waals surface area (Å²) in [5.41, 5.74) is 0.955. The third-order valence-electron chi connectivity index (χ3n) is 2.47. The number of alkyl halides is 1. The van der Waals surface area contributed by atoms with Gasteiger partial charge in [-0.1, -0.05) is 33.6 Å². The van der Waals surface area contributed by atoms with E-state index in [4.69, 9.17) is 11.6 Å². The number of hydrogen-bond acceptors (Lipinski definition) is 1. The van der Waals surface area contributed by atoms with Crippen LogP contribution in [0.1, 0.15) is 19.4 Å². The monoisotopic (exact) mass is 307 g/mol. The van der Waals surface area contributed by atoms with Crippen LogP contribution in [-0.4, -0.2) is 22.8 Å². The van der Waals surface area contributed by atoms with E-state index in [1.54, 1.807) is 6.07 Å². The average Bonchev–Trinajstić information content (AvgIpc) is 2.22. The highest BCUT2D eigenvalue weighted by molar-refractivity contribution is 9.09. The molecule has 0 aliphatic heterocycles. The molecule has 0 bridgehead atoms. The predicted octanol–water partition coefficient (Wildman–Crippen LogP) is 4.08. The van der Waals surface area contributed by atoms with Crippen molar-refractivity contribution in [3.8, 4) is 0 Å². The summed E-state index contributed by atoms with van der Waals surface area (Å²) in [6, 6.07) is 5.43. The summed E-state index contributed by atoms with van der Waals surface area (Å²) in [4.78, 5) is 2.28. The molecule has 0 unspecified atom stereocenters. The van der Waals surface area contributed by atoms with Crippen molar-refractivity contribution in [2.24, 2.45) is 0 Å². The van der Waals surface area contributed by atoms with Crippen molar-refractivity contribution in [2.45, 2.75) is 26.4 Å². The molecule has 0 amide bonds. The van der Waals surface area contributed by atoms with Crippen LogP contribution < -0.4 is 0 Å². The molecule has 1 aromatic rings. The normalized spacial score (nSPS) is 11.4. The minimum Gasteiger partial charge on any atom is -0.296 e. The lowest BCUT2D eigenvalue weighted by Crippen LogP contribution is -2.32. The minimum absolute atomic E-state index is 0.181. The largest absolute Gasteiger partial charge is 0.296 e. The van der Waals surface area contributed by atoms with Crippen LogP contribution in [0.2, 0.25) is 5.02 Å². The van der Waals surface area contributed by atoms with Gasteiger partial charge in [-0.15, -0.1) is 0 Å². The maximum absolute atomic E-state index is 13.3. The van der Waals surface area contributed by atoms with E-state index < -0.39 is 0 Å². The second kappa shape index (κ2) is 6.58. The van der Waals surface area contributed by atoms with Gasteiger partial charge in [0, 0.05) is 24.5 Å². The van der Waals surface area contributed by atoms with Gasteiger partial charge in [0.15, 0.2) is 0 Å². The smallest absolute Gasteiger partial charge is 0.142 e. The van der Waals surface area contributed by atoms with E-state index >= 15 is 0 Å². The highest BCUT2D eigenvalue weighted by Gasteiger charge is 2.10. The van der Waals surface area contributed by atoms with Crippen LogP contribution in [-0.2, 0) is 6.54 Å². The zero-order chi connectivity index (χ0) is 12.1. The maximum Gasteiger partial charge on any atom is 0.142 e. The summed E-state index contributed by atoms with van der Waals surface area (Å²) >= 11 is 9.07. The molecule has 0 radical (unpaired) electrons. The Morgan fingerprint density at radius 3 is 2.62 bits per heavy atom. The molecule has 1 nitrogen and oxygen atoms in total.